The SMILES string of the molecule is CC(C)(CO)Nc1nc(Cl)c2nccnc2n1. The zero-order valence-electron chi connectivity index (χ0n) is 9.48. The second-order valence-electron chi connectivity index (χ2n) is 4.23. The van der Waals surface area contributed by atoms with Gasteiger partial charge in [-0.1, -0.05) is 11.6 Å². The van der Waals surface area contributed by atoms with Gasteiger partial charge < -0.3 is 10.4 Å². The van der Waals surface area contributed by atoms with Crippen LogP contribution >= 0.6 is 11.6 Å². The highest BCUT2D eigenvalue weighted by atomic mass is 35.5. The van der Waals surface area contributed by atoms with Gasteiger partial charge in [0.25, 0.3) is 0 Å². The maximum absolute atomic E-state index is 9.16. The number of nitrogens with one attached hydrogen (secondary N) is 1. The van der Waals surface area contributed by atoms with E-state index in [-0.39, 0.29) is 11.8 Å². The Balaban J connectivity index is 2.43. The lowest BCUT2D eigenvalue weighted by molar-refractivity contribution is 0.233. The molecule has 0 spiro atoms. The molecule has 0 aliphatic carbocycles. The van der Waals surface area contributed by atoms with Crippen molar-refractivity contribution in [2.24, 2.45) is 0 Å². The van der Waals surface area contributed by atoms with Crippen molar-refractivity contribution in [1.82, 2.24) is 19.9 Å². The molecule has 2 N–H and O–H groups in total. The van der Waals surface area contributed by atoms with Gasteiger partial charge in [0.2, 0.25) is 5.95 Å². The third-order valence-corrected chi connectivity index (χ3v) is 2.40. The second-order valence-corrected chi connectivity index (χ2v) is 4.59. The second kappa shape index (κ2) is 4.38. The maximum atomic E-state index is 9.16. The van der Waals surface area contributed by atoms with Gasteiger partial charge in [0, 0.05) is 12.4 Å². The summed E-state index contributed by atoms with van der Waals surface area (Å²) in [5, 5.41) is 12.4. The van der Waals surface area contributed by atoms with Crippen molar-refractivity contribution in [3.63, 3.8) is 0 Å². The quantitative estimate of drug-likeness (QED) is 0.801. The lowest BCUT2D eigenvalue weighted by atomic mass is 10.1. The van der Waals surface area contributed by atoms with Crippen LogP contribution in [0.3, 0.4) is 0 Å². The minimum atomic E-state index is -0.529. The van der Waals surface area contributed by atoms with Crippen LogP contribution in [0.1, 0.15) is 13.8 Å². The van der Waals surface area contributed by atoms with Crippen molar-refractivity contribution in [2.45, 2.75) is 19.4 Å². The summed E-state index contributed by atoms with van der Waals surface area (Å²) in [7, 11) is 0. The largest absolute Gasteiger partial charge is 0.394 e. The van der Waals surface area contributed by atoms with E-state index in [1.54, 1.807) is 0 Å². The molecule has 0 atom stereocenters. The number of aliphatic hydroxyl groups is 1. The summed E-state index contributed by atoms with van der Waals surface area (Å²) in [4.78, 5) is 16.3. The average molecular weight is 254 g/mol. The zero-order chi connectivity index (χ0) is 12.5. The van der Waals surface area contributed by atoms with E-state index in [0.29, 0.717) is 17.1 Å². The number of fused-ring (bicyclic) bond motifs is 1. The van der Waals surface area contributed by atoms with Gasteiger partial charge in [-0.3, -0.25) is 0 Å². The van der Waals surface area contributed by atoms with Crippen LogP contribution in [0.5, 0.6) is 0 Å². The predicted octanol–water partition coefficient (Wildman–Crippen LogP) is 1.26. The average Bonchev–Trinajstić information content (AvgIpc) is 2.28. The van der Waals surface area contributed by atoms with Crippen molar-refractivity contribution in [1.29, 1.82) is 0 Å². The summed E-state index contributed by atoms with van der Waals surface area (Å²) >= 11 is 5.98. The topological polar surface area (TPSA) is 83.8 Å². The van der Waals surface area contributed by atoms with Crippen LogP contribution in [0.2, 0.25) is 5.15 Å². The van der Waals surface area contributed by atoms with Crippen LogP contribution in [-0.2, 0) is 0 Å². The molecule has 0 saturated carbocycles. The van der Waals surface area contributed by atoms with E-state index in [1.807, 2.05) is 13.8 Å². The van der Waals surface area contributed by atoms with Crippen LogP contribution in [0.4, 0.5) is 5.95 Å². The number of aromatic nitrogens is 4. The summed E-state index contributed by atoms with van der Waals surface area (Å²) in [5.41, 5.74) is 0.351. The molecule has 2 aromatic heterocycles. The first kappa shape index (κ1) is 11.9. The van der Waals surface area contributed by atoms with Gasteiger partial charge in [0.05, 0.1) is 12.1 Å². The van der Waals surface area contributed by atoms with Crippen molar-refractivity contribution in [2.75, 3.05) is 11.9 Å². The molecule has 90 valence electrons. The molecular weight excluding hydrogens is 242 g/mol. The van der Waals surface area contributed by atoms with E-state index < -0.39 is 5.54 Å². The molecule has 0 amide bonds. The van der Waals surface area contributed by atoms with Crippen LogP contribution in [0.25, 0.3) is 11.2 Å². The Kier molecular flexibility index (Phi) is 3.08. The van der Waals surface area contributed by atoms with E-state index >= 15 is 0 Å². The van der Waals surface area contributed by atoms with E-state index in [2.05, 4.69) is 25.3 Å². The van der Waals surface area contributed by atoms with E-state index in [1.165, 1.54) is 12.4 Å². The van der Waals surface area contributed by atoms with Crippen molar-refractivity contribution in [3.05, 3.63) is 17.5 Å². The molecule has 0 bridgehead atoms. The van der Waals surface area contributed by atoms with Crippen LogP contribution in [0.15, 0.2) is 12.4 Å². The highest BCUT2D eigenvalue weighted by Gasteiger charge is 2.18. The highest BCUT2D eigenvalue weighted by Crippen LogP contribution is 2.19. The molecule has 6 nitrogen and oxygen atoms in total. The number of hydrogen-bond acceptors (Lipinski definition) is 6. The van der Waals surface area contributed by atoms with Gasteiger partial charge >= 0.3 is 0 Å². The molecule has 0 saturated heterocycles. The van der Waals surface area contributed by atoms with E-state index in [9.17, 15) is 0 Å². The summed E-state index contributed by atoms with van der Waals surface area (Å²) in [6.07, 6.45) is 3.06. The van der Waals surface area contributed by atoms with Gasteiger partial charge in [0.1, 0.15) is 5.52 Å². The lowest BCUT2D eigenvalue weighted by Crippen LogP contribution is -2.35. The molecule has 2 aromatic rings. The molecule has 2 rings (SSSR count). The first-order chi connectivity index (χ1) is 8.02. The Labute approximate surface area is 103 Å². The third kappa shape index (κ3) is 2.59. The number of rotatable bonds is 3. The summed E-state index contributed by atoms with van der Waals surface area (Å²) in [6, 6.07) is 0. The van der Waals surface area contributed by atoms with Gasteiger partial charge in [0.15, 0.2) is 10.8 Å². The number of anilines is 1. The van der Waals surface area contributed by atoms with Gasteiger partial charge in [-0.25, -0.2) is 9.97 Å². The van der Waals surface area contributed by atoms with Crippen LogP contribution < -0.4 is 5.32 Å². The van der Waals surface area contributed by atoms with E-state index in [0.717, 1.165) is 0 Å². The van der Waals surface area contributed by atoms with Gasteiger partial charge in [-0.15, -0.1) is 0 Å². The fourth-order valence-corrected chi connectivity index (χ4v) is 1.44. The minimum Gasteiger partial charge on any atom is -0.394 e. The number of halogens is 1. The van der Waals surface area contributed by atoms with Crippen molar-refractivity contribution >= 4 is 28.7 Å². The number of nitrogens with zero attached hydrogens (tertiary/aromatic N) is 4. The monoisotopic (exact) mass is 253 g/mol. The Bertz CT molecular complexity index is 545. The Hall–Kier alpha value is -1.53. The highest BCUT2D eigenvalue weighted by molar-refractivity contribution is 6.33. The zero-order valence-corrected chi connectivity index (χ0v) is 10.2. The number of aliphatic hydroxyl groups excluding tert-OH is 1. The lowest BCUT2D eigenvalue weighted by Gasteiger charge is -2.23. The first-order valence-corrected chi connectivity index (χ1v) is 5.43. The molecule has 0 fully saturated rings. The Morgan fingerprint density at radius 1 is 1.29 bits per heavy atom. The smallest absolute Gasteiger partial charge is 0.226 e. The predicted molar refractivity (Wildman–Crippen MR) is 64.9 cm³/mol. The molecular formula is C10H12ClN5O. The van der Waals surface area contributed by atoms with Gasteiger partial charge in [-0.2, -0.15) is 9.97 Å². The standard InChI is InChI=1S/C10H12ClN5O/c1-10(2,5-17)16-9-14-7(11)6-8(15-9)13-4-3-12-6/h3-4,17H,5H2,1-2H3,(H,13,14,15,16). The molecule has 0 unspecified atom stereocenters. The third-order valence-electron chi connectivity index (χ3n) is 2.14. The van der Waals surface area contributed by atoms with Crippen LogP contribution in [0, 0.1) is 0 Å². The van der Waals surface area contributed by atoms with Crippen molar-refractivity contribution < 1.29 is 5.11 Å². The first-order valence-electron chi connectivity index (χ1n) is 5.05. The minimum absolute atomic E-state index is 0.0491. The maximum Gasteiger partial charge on any atom is 0.226 e. The summed E-state index contributed by atoms with van der Waals surface area (Å²) < 4.78 is 0. The Morgan fingerprint density at radius 3 is 2.71 bits per heavy atom. The van der Waals surface area contributed by atoms with Crippen molar-refractivity contribution in [3.8, 4) is 0 Å². The molecule has 7 heteroatoms. The van der Waals surface area contributed by atoms with E-state index in [4.69, 9.17) is 16.7 Å². The normalized spacial score (nSPS) is 11.8. The molecule has 0 aromatic carbocycles. The Morgan fingerprint density at radius 2 is 2.00 bits per heavy atom. The molecule has 0 aliphatic rings. The van der Waals surface area contributed by atoms with Crippen LogP contribution in [-0.4, -0.2) is 37.2 Å². The summed E-state index contributed by atoms with van der Waals surface area (Å²) in [6.45, 7) is 3.60. The molecule has 0 radical (unpaired) electrons. The fourth-order valence-electron chi connectivity index (χ4n) is 1.23. The number of hydrogen-bond donors (Lipinski definition) is 2. The molecule has 17 heavy (non-hydrogen) atoms. The fraction of sp³-hybridized carbons (Fsp3) is 0.400. The molecule has 0 aliphatic heterocycles. The summed E-state index contributed by atoms with van der Waals surface area (Å²) in [5.74, 6) is 0.321. The van der Waals surface area contributed by atoms with Gasteiger partial charge in [-0.05, 0) is 13.8 Å². The molecule has 2 heterocycles.